The molecule has 40 heavy (non-hydrogen) atoms. The summed E-state index contributed by atoms with van der Waals surface area (Å²) in [5, 5.41) is 4.26. The number of Topliss-reactive ketones (excluding diaryl/α,β-unsaturated/α-hetero) is 1. The van der Waals surface area contributed by atoms with Gasteiger partial charge in [-0.2, -0.15) is 4.68 Å². The van der Waals surface area contributed by atoms with Crippen LogP contribution in [0.15, 0.2) is 47.8 Å². The van der Waals surface area contributed by atoms with Crippen LogP contribution in [0.1, 0.15) is 73.9 Å². The van der Waals surface area contributed by atoms with E-state index < -0.39 is 17.1 Å². The average Bonchev–Trinajstić information content (AvgIpc) is 3.14. The van der Waals surface area contributed by atoms with Crippen LogP contribution in [0, 0.1) is 12.7 Å². The number of nitrogens with zero attached hydrogens (tertiary/aromatic N) is 3. The third kappa shape index (κ3) is 7.34. The van der Waals surface area contributed by atoms with Crippen molar-refractivity contribution in [2.24, 2.45) is 7.05 Å². The second kappa shape index (κ2) is 12.4. The lowest BCUT2D eigenvalue weighted by Gasteiger charge is -2.19. The summed E-state index contributed by atoms with van der Waals surface area (Å²) in [7, 11) is 1.57. The van der Waals surface area contributed by atoms with Gasteiger partial charge in [-0.25, -0.2) is 9.18 Å². The molecule has 0 aliphatic carbocycles. The predicted molar refractivity (Wildman–Crippen MR) is 152 cm³/mol. The standard InChI is InChI=1S/C31H38FN3O5/c1-9-11-20(4)39-27-18-25(35-30(38)34(8)28(10-2)33-35)24(32)17-23(27)26(36)16-22-13-12-21(14-19(22)3)15-29(37)40-31(5,6)7/h9,12-14,17-18,20H,1,10-11,15-16H2,2-8H3. The molecule has 8 nitrogen and oxygen atoms in total. The molecule has 3 rings (SSSR count). The molecule has 214 valence electrons. The van der Waals surface area contributed by atoms with Gasteiger partial charge in [-0.15, -0.1) is 11.7 Å². The number of benzene rings is 2. The number of ketones is 1. The number of halogens is 1. The maximum atomic E-state index is 15.4. The molecular formula is C31H38FN3O5. The van der Waals surface area contributed by atoms with Crippen LogP contribution in [0.3, 0.4) is 0 Å². The van der Waals surface area contributed by atoms with Gasteiger partial charge < -0.3 is 9.47 Å². The Kier molecular flexibility index (Phi) is 9.50. The summed E-state index contributed by atoms with van der Waals surface area (Å²) in [5.41, 5.74) is 1.22. The lowest BCUT2D eigenvalue weighted by Crippen LogP contribution is -2.24. The minimum Gasteiger partial charge on any atom is -0.490 e. The van der Waals surface area contributed by atoms with Crippen LogP contribution in [0.2, 0.25) is 0 Å². The first-order valence-corrected chi connectivity index (χ1v) is 13.3. The SMILES string of the molecule is C=CCC(C)Oc1cc(-n2nc(CC)n(C)c2=O)c(F)cc1C(=O)Cc1ccc(CC(=O)OC(C)(C)C)cc1C. The second-order valence-electron chi connectivity index (χ2n) is 10.9. The van der Waals surface area contributed by atoms with Gasteiger partial charge in [-0.3, -0.25) is 14.2 Å². The monoisotopic (exact) mass is 551 g/mol. The summed E-state index contributed by atoms with van der Waals surface area (Å²) in [5.74, 6) is -0.792. The van der Waals surface area contributed by atoms with Crippen molar-refractivity contribution in [2.75, 3.05) is 0 Å². The molecule has 1 unspecified atom stereocenters. The third-order valence-electron chi connectivity index (χ3n) is 6.32. The molecule has 0 fully saturated rings. The van der Waals surface area contributed by atoms with E-state index in [1.54, 1.807) is 25.3 Å². The molecule has 0 radical (unpaired) electrons. The number of esters is 1. The number of aromatic nitrogens is 3. The Morgan fingerprint density at radius 1 is 1.18 bits per heavy atom. The molecule has 1 aromatic heterocycles. The van der Waals surface area contributed by atoms with E-state index in [9.17, 15) is 14.4 Å². The lowest BCUT2D eigenvalue weighted by atomic mass is 9.96. The number of ether oxygens (including phenoxy) is 2. The van der Waals surface area contributed by atoms with Crippen molar-refractivity contribution in [3.8, 4) is 11.4 Å². The van der Waals surface area contributed by atoms with E-state index in [1.165, 1.54) is 10.6 Å². The lowest BCUT2D eigenvalue weighted by molar-refractivity contribution is -0.153. The minimum absolute atomic E-state index is 0.00689. The quantitative estimate of drug-likeness (QED) is 0.184. The van der Waals surface area contributed by atoms with Crippen molar-refractivity contribution in [2.45, 2.75) is 78.9 Å². The molecule has 0 spiro atoms. The second-order valence-corrected chi connectivity index (χ2v) is 10.9. The topological polar surface area (TPSA) is 92.4 Å². The van der Waals surface area contributed by atoms with Crippen molar-refractivity contribution in [1.82, 2.24) is 14.3 Å². The fourth-order valence-electron chi connectivity index (χ4n) is 4.34. The first kappa shape index (κ1) is 30.5. The number of carbonyl (C=O) groups is 2. The van der Waals surface area contributed by atoms with E-state index >= 15 is 4.39 Å². The van der Waals surface area contributed by atoms with Crippen LogP contribution >= 0.6 is 0 Å². The van der Waals surface area contributed by atoms with E-state index in [0.717, 1.165) is 27.4 Å². The molecule has 0 aliphatic heterocycles. The van der Waals surface area contributed by atoms with Gasteiger partial charge in [0.15, 0.2) is 5.78 Å². The van der Waals surface area contributed by atoms with Crippen molar-refractivity contribution in [3.05, 3.63) is 87.4 Å². The number of aryl methyl sites for hydroxylation is 2. The molecule has 0 bridgehead atoms. The summed E-state index contributed by atoms with van der Waals surface area (Å²) in [6.45, 7) is 14.7. The zero-order chi connectivity index (χ0) is 29.8. The first-order valence-electron chi connectivity index (χ1n) is 13.3. The third-order valence-corrected chi connectivity index (χ3v) is 6.32. The molecule has 9 heteroatoms. The summed E-state index contributed by atoms with van der Waals surface area (Å²) >= 11 is 0. The molecule has 0 aliphatic rings. The van der Waals surface area contributed by atoms with Gasteiger partial charge in [-0.05, 0) is 57.4 Å². The average molecular weight is 552 g/mol. The molecule has 1 heterocycles. The smallest absolute Gasteiger partial charge is 0.350 e. The van der Waals surface area contributed by atoms with Crippen LogP contribution in [0.5, 0.6) is 5.75 Å². The molecule has 2 aromatic carbocycles. The van der Waals surface area contributed by atoms with Crippen LogP contribution in [-0.2, 0) is 35.8 Å². The Balaban J connectivity index is 1.95. The normalized spacial score (nSPS) is 12.2. The van der Waals surface area contributed by atoms with Crippen LogP contribution in [-0.4, -0.2) is 37.8 Å². The van der Waals surface area contributed by atoms with Crippen molar-refractivity contribution in [1.29, 1.82) is 0 Å². The van der Waals surface area contributed by atoms with E-state index in [-0.39, 0.29) is 47.7 Å². The molecule has 0 saturated carbocycles. The van der Waals surface area contributed by atoms with E-state index in [0.29, 0.717) is 18.7 Å². The van der Waals surface area contributed by atoms with Gasteiger partial charge in [-0.1, -0.05) is 31.2 Å². The highest BCUT2D eigenvalue weighted by atomic mass is 19.1. The fourth-order valence-corrected chi connectivity index (χ4v) is 4.34. The Labute approximate surface area is 234 Å². The summed E-state index contributed by atoms with van der Waals surface area (Å²) in [4.78, 5) is 38.5. The summed E-state index contributed by atoms with van der Waals surface area (Å²) < 4.78 is 29.2. The largest absolute Gasteiger partial charge is 0.490 e. The van der Waals surface area contributed by atoms with Crippen molar-refractivity contribution in [3.63, 3.8) is 0 Å². The summed E-state index contributed by atoms with van der Waals surface area (Å²) in [6.07, 6.45) is 2.45. The van der Waals surface area contributed by atoms with Gasteiger partial charge in [0.1, 0.15) is 28.7 Å². The van der Waals surface area contributed by atoms with Crippen molar-refractivity contribution < 1.29 is 23.5 Å². The highest BCUT2D eigenvalue weighted by Gasteiger charge is 2.23. The molecule has 0 amide bonds. The first-order chi connectivity index (χ1) is 18.7. The van der Waals surface area contributed by atoms with Gasteiger partial charge in [0.2, 0.25) is 0 Å². The van der Waals surface area contributed by atoms with Gasteiger partial charge >= 0.3 is 11.7 Å². The van der Waals surface area contributed by atoms with E-state index in [1.807, 2.05) is 47.6 Å². The maximum Gasteiger partial charge on any atom is 0.350 e. The van der Waals surface area contributed by atoms with Crippen LogP contribution < -0.4 is 10.4 Å². The summed E-state index contributed by atoms with van der Waals surface area (Å²) in [6, 6.07) is 7.88. The Bertz CT molecular complexity index is 1480. The van der Waals surface area contributed by atoms with Gasteiger partial charge in [0, 0.05) is 32.4 Å². The Morgan fingerprint density at radius 3 is 2.45 bits per heavy atom. The highest BCUT2D eigenvalue weighted by Crippen LogP contribution is 2.28. The number of hydrogen-bond acceptors (Lipinski definition) is 6. The van der Waals surface area contributed by atoms with Crippen LogP contribution in [0.25, 0.3) is 5.69 Å². The fraction of sp³-hybridized carbons (Fsp3) is 0.419. The van der Waals surface area contributed by atoms with Gasteiger partial charge in [0.05, 0.1) is 18.1 Å². The van der Waals surface area contributed by atoms with E-state index in [2.05, 4.69) is 11.7 Å². The molecule has 1 atom stereocenters. The number of rotatable bonds is 11. The zero-order valence-electron chi connectivity index (χ0n) is 24.3. The Hall–Kier alpha value is -4.01. The van der Waals surface area contributed by atoms with Crippen LogP contribution in [0.4, 0.5) is 4.39 Å². The molecule has 0 N–H and O–H groups in total. The zero-order valence-corrected chi connectivity index (χ0v) is 24.3. The number of hydrogen-bond donors (Lipinski definition) is 0. The van der Waals surface area contributed by atoms with E-state index in [4.69, 9.17) is 9.47 Å². The van der Waals surface area contributed by atoms with Gasteiger partial charge in [0.25, 0.3) is 0 Å². The molecule has 3 aromatic rings. The molecule has 0 saturated heterocycles. The maximum absolute atomic E-state index is 15.4. The highest BCUT2D eigenvalue weighted by molar-refractivity contribution is 6.00. The molecular weight excluding hydrogens is 513 g/mol. The Morgan fingerprint density at radius 2 is 1.88 bits per heavy atom. The predicted octanol–water partition coefficient (Wildman–Crippen LogP) is 5.23. The minimum atomic E-state index is -0.764. The number of carbonyl (C=O) groups excluding carboxylic acids is 2. The van der Waals surface area contributed by atoms with Crippen molar-refractivity contribution >= 4 is 11.8 Å².